The Bertz CT molecular complexity index is 820. The first-order valence-electron chi connectivity index (χ1n) is 6.39. The first-order valence-corrected chi connectivity index (χ1v) is 6.92. The lowest BCUT2D eigenvalue weighted by molar-refractivity contribution is 0.614. The third kappa shape index (κ3) is 2.02. The van der Waals surface area contributed by atoms with Gasteiger partial charge in [-0.1, -0.05) is 42.5 Å². The van der Waals surface area contributed by atoms with E-state index in [1.165, 1.54) is 0 Å². The van der Waals surface area contributed by atoms with E-state index in [2.05, 4.69) is 0 Å². The number of hydrogen-bond acceptors (Lipinski definition) is 2. The fourth-order valence-electron chi connectivity index (χ4n) is 2.37. The number of benzene rings is 2. The Hall–Kier alpha value is -2.06. The molecule has 0 aliphatic rings. The molecule has 0 saturated carbocycles. The van der Waals surface area contributed by atoms with Gasteiger partial charge in [-0.3, -0.25) is 4.79 Å². The van der Waals surface area contributed by atoms with Crippen molar-refractivity contribution in [3.8, 4) is 11.3 Å². The molecule has 0 fully saturated rings. The average molecular weight is 285 g/mol. The molecule has 20 heavy (non-hydrogen) atoms. The molecule has 0 radical (unpaired) electrons. The van der Waals surface area contributed by atoms with E-state index in [1.807, 2.05) is 42.5 Å². The molecule has 100 valence electrons. The van der Waals surface area contributed by atoms with Crippen LogP contribution in [0.15, 0.2) is 57.7 Å². The monoisotopic (exact) mass is 284 g/mol. The van der Waals surface area contributed by atoms with E-state index in [1.54, 1.807) is 13.0 Å². The Kier molecular flexibility index (Phi) is 3.33. The van der Waals surface area contributed by atoms with E-state index in [0.717, 1.165) is 11.1 Å². The van der Waals surface area contributed by atoms with Gasteiger partial charge in [0, 0.05) is 17.0 Å². The van der Waals surface area contributed by atoms with Crippen molar-refractivity contribution in [3.05, 3.63) is 69.9 Å². The molecule has 3 aromatic rings. The Labute approximate surface area is 121 Å². The minimum Gasteiger partial charge on any atom is -0.456 e. The lowest BCUT2D eigenvalue weighted by atomic mass is 10.0. The molecule has 3 heteroatoms. The summed E-state index contributed by atoms with van der Waals surface area (Å²) in [5.74, 6) is 0.918. The first-order chi connectivity index (χ1) is 9.72. The predicted molar refractivity (Wildman–Crippen MR) is 82.2 cm³/mol. The van der Waals surface area contributed by atoms with Crippen LogP contribution in [-0.4, -0.2) is 0 Å². The Morgan fingerprint density at radius 1 is 1.05 bits per heavy atom. The predicted octanol–water partition coefficient (Wildman–Crippen LogP) is 4.51. The van der Waals surface area contributed by atoms with Crippen molar-refractivity contribution < 1.29 is 4.42 Å². The molecule has 0 saturated heterocycles. The smallest absolute Gasteiger partial charge is 0.196 e. The van der Waals surface area contributed by atoms with E-state index >= 15 is 0 Å². The number of halogens is 1. The summed E-state index contributed by atoms with van der Waals surface area (Å²) in [4.78, 5) is 12.6. The van der Waals surface area contributed by atoms with Gasteiger partial charge in [-0.05, 0) is 18.6 Å². The summed E-state index contributed by atoms with van der Waals surface area (Å²) in [5.41, 5.74) is 2.89. The van der Waals surface area contributed by atoms with Crippen LogP contribution in [0.25, 0.3) is 22.3 Å². The van der Waals surface area contributed by atoms with Gasteiger partial charge in [0.2, 0.25) is 0 Å². The highest BCUT2D eigenvalue weighted by atomic mass is 35.5. The highest BCUT2D eigenvalue weighted by Gasteiger charge is 2.14. The SMILES string of the molecule is Cc1c(-c2ccccc2)oc2cccc(CCl)c2c1=O. The Balaban J connectivity index is 2.38. The zero-order chi connectivity index (χ0) is 14.1. The van der Waals surface area contributed by atoms with Gasteiger partial charge >= 0.3 is 0 Å². The van der Waals surface area contributed by atoms with Crippen LogP contribution in [0, 0.1) is 6.92 Å². The summed E-state index contributed by atoms with van der Waals surface area (Å²) in [6, 6.07) is 15.2. The van der Waals surface area contributed by atoms with Gasteiger partial charge in [-0.15, -0.1) is 11.6 Å². The number of fused-ring (bicyclic) bond motifs is 1. The third-order valence-corrected chi connectivity index (χ3v) is 3.70. The van der Waals surface area contributed by atoms with Crippen molar-refractivity contribution in [1.29, 1.82) is 0 Å². The summed E-state index contributed by atoms with van der Waals surface area (Å²) in [5, 5.41) is 0.583. The molecule has 2 nitrogen and oxygen atoms in total. The van der Waals surface area contributed by atoms with E-state index in [-0.39, 0.29) is 5.43 Å². The van der Waals surface area contributed by atoms with E-state index in [9.17, 15) is 4.79 Å². The van der Waals surface area contributed by atoms with E-state index in [0.29, 0.717) is 28.2 Å². The molecule has 0 N–H and O–H groups in total. The van der Waals surface area contributed by atoms with Gasteiger partial charge in [-0.25, -0.2) is 0 Å². The number of rotatable bonds is 2. The molecule has 0 amide bonds. The third-order valence-electron chi connectivity index (χ3n) is 3.41. The second kappa shape index (κ2) is 5.14. The van der Waals surface area contributed by atoms with Crippen molar-refractivity contribution >= 4 is 22.6 Å². The largest absolute Gasteiger partial charge is 0.456 e. The molecular weight excluding hydrogens is 272 g/mol. The van der Waals surface area contributed by atoms with Crippen LogP contribution >= 0.6 is 11.6 Å². The van der Waals surface area contributed by atoms with Crippen LogP contribution in [0.3, 0.4) is 0 Å². The van der Waals surface area contributed by atoms with Crippen LogP contribution in [-0.2, 0) is 5.88 Å². The van der Waals surface area contributed by atoms with Crippen molar-refractivity contribution in [2.45, 2.75) is 12.8 Å². The fraction of sp³-hybridized carbons (Fsp3) is 0.118. The van der Waals surface area contributed by atoms with Crippen molar-refractivity contribution in [2.24, 2.45) is 0 Å². The van der Waals surface area contributed by atoms with Gasteiger partial charge in [0.25, 0.3) is 0 Å². The zero-order valence-electron chi connectivity index (χ0n) is 11.0. The summed E-state index contributed by atoms with van der Waals surface area (Å²) >= 11 is 5.91. The number of alkyl halides is 1. The Morgan fingerprint density at radius 2 is 1.80 bits per heavy atom. The highest BCUT2D eigenvalue weighted by Crippen LogP contribution is 2.27. The first kappa shape index (κ1) is 12.9. The van der Waals surface area contributed by atoms with Crippen LogP contribution in [0.5, 0.6) is 0 Å². The maximum atomic E-state index is 12.6. The summed E-state index contributed by atoms with van der Waals surface area (Å²) in [6.07, 6.45) is 0. The molecule has 0 atom stereocenters. The molecule has 0 spiro atoms. The molecule has 1 heterocycles. The maximum Gasteiger partial charge on any atom is 0.196 e. The minimum absolute atomic E-state index is 0.0126. The zero-order valence-corrected chi connectivity index (χ0v) is 11.8. The van der Waals surface area contributed by atoms with Gasteiger partial charge in [0.1, 0.15) is 11.3 Å². The fourth-order valence-corrected chi connectivity index (χ4v) is 2.60. The van der Waals surface area contributed by atoms with Crippen molar-refractivity contribution in [2.75, 3.05) is 0 Å². The maximum absolute atomic E-state index is 12.6. The average Bonchev–Trinajstić information content (AvgIpc) is 2.51. The minimum atomic E-state index is -0.0126. The lowest BCUT2D eigenvalue weighted by Gasteiger charge is -2.08. The second-order valence-electron chi connectivity index (χ2n) is 4.68. The van der Waals surface area contributed by atoms with Crippen molar-refractivity contribution in [3.63, 3.8) is 0 Å². The normalized spacial score (nSPS) is 10.9. The number of hydrogen-bond donors (Lipinski definition) is 0. The molecule has 0 aliphatic heterocycles. The lowest BCUT2D eigenvalue weighted by Crippen LogP contribution is -2.09. The quantitative estimate of drug-likeness (QED) is 0.648. The standard InChI is InChI=1S/C17H13ClO2/c1-11-16(19)15-13(10-18)8-5-9-14(15)20-17(11)12-6-3-2-4-7-12/h2-9H,10H2,1H3. The molecule has 0 unspecified atom stereocenters. The van der Waals surface area contributed by atoms with Gasteiger partial charge in [0.15, 0.2) is 5.43 Å². The molecule has 0 bridgehead atoms. The summed E-state index contributed by atoms with van der Waals surface area (Å²) in [6.45, 7) is 1.79. The van der Waals surface area contributed by atoms with Crippen LogP contribution in [0.4, 0.5) is 0 Å². The van der Waals surface area contributed by atoms with Crippen molar-refractivity contribution in [1.82, 2.24) is 0 Å². The van der Waals surface area contributed by atoms with Crippen LogP contribution in [0.1, 0.15) is 11.1 Å². The van der Waals surface area contributed by atoms with E-state index in [4.69, 9.17) is 16.0 Å². The van der Waals surface area contributed by atoms with Gasteiger partial charge < -0.3 is 4.42 Å². The molecule has 2 aromatic carbocycles. The van der Waals surface area contributed by atoms with Gasteiger partial charge in [0.05, 0.1) is 5.39 Å². The van der Waals surface area contributed by atoms with Gasteiger partial charge in [-0.2, -0.15) is 0 Å². The highest BCUT2D eigenvalue weighted by molar-refractivity contribution is 6.18. The molecule has 3 rings (SSSR count). The van der Waals surface area contributed by atoms with Crippen LogP contribution < -0.4 is 5.43 Å². The molecular formula is C17H13ClO2. The second-order valence-corrected chi connectivity index (χ2v) is 4.94. The summed E-state index contributed by atoms with van der Waals surface area (Å²) in [7, 11) is 0. The summed E-state index contributed by atoms with van der Waals surface area (Å²) < 4.78 is 5.94. The Morgan fingerprint density at radius 3 is 2.50 bits per heavy atom. The molecule has 0 aliphatic carbocycles. The topological polar surface area (TPSA) is 30.2 Å². The van der Waals surface area contributed by atoms with Crippen LogP contribution in [0.2, 0.25) is 0 Å². The molecule has 1 aromatic heterocycles. The van der Waals surface area contributed by atoms with E-state index < -0.39 is 0 Å².